The third kappa shape index (κ3) is 2.71. The lowest BCUT2D eigenvalue weighted by molar-refractivity contribution is 0.0926. The van der Waals surface area contributed by atoms with E-state index in [0.29, 0.717) is 16.8 Å². The van der Waals surface area contributed by atoms with Crippen molar-refractivity contribution >= 4 is 29.7 Å². The minimum absolute atomic E-state index is 0.298. The van der Waals surface area contributed by atoms with Crippen LogP contribution in [0.3, 0.4) is 0 Å². The van der Waals surface area contributed by atoms with Crippen LogP contribution in [0.4, 0.5) is 10.1 Å². The molecule has 0 spiro atoms. The number of nitrogens with zero attached hydrogens (tertiary/aromatic N) is 1. The predicted molar refractivity (Wildman–Crippen MR) is 99.4 cm³/mol. The summed E-state index contributed by atoms with van der Waals surface area (Å²) >= 11 is 0. The lowest BCUT2D eigenvalue weighted by Crippen LogP contribution is -2.29. The van der Waals surface area contributed by atoms with E-state index in [9.17, 15) is 14.0 Å². The van der Waals surface area contributed by atoms with Crippen LogP contribution in [0.2, 0.25) is 0 Å². The Balaban J connectivity index is 1.72. The topological polar surface area (TPSA) is 37.4 Å². The molecule has 0 fully saturated rings. The number of anilines is 1. The number of amides is 2. The van der Waals surface area contributed by atoms with Crippen molar-refractivity contribution in [2.75, 3.05) is 4.90 Å². The van der Waals surface area contributed by atoms with E-state index in [2.05, 4.69) is 0 Å². The van der Waals surface area contributed by atoms with Crippen LogP contribution in [-0.2, 0) is 0 Å². The molecule has 3 aromatic rings. The van der Waals surface area contributed by atoms with Gasteiger partial charge in [0.15, 0.2) is 0 Å². The first-order chi connectivity index (χ1) is 12.6. The molecule has 0 radical (unpaired) electrons. The summed E-state index contributed by atoms with van der Waals surface area (Å²) in [5, 5.41) is 0. The third-order valence-electron chi connectivity index (χ3n) is 4.30. The molecule has 0 bridgehead atoms. The van der Waals surface area contributed by atoms with Crippen LogP contribution in [0.5, 0.6) is 0 Å². The molecule has 2 amide bonds. The number of hydrogen-bond donors (Lipinski definition) is 0. The fourth-order valence-corrected chi connectivity index (χ4v) is 3.00. The molecule has 3 aromatic carbocycles. The number of halogens is 1. The molecular weight excluding hydrogens is 329 g/mol. The Kier molecular flexibility index (Phi) is 3.93. The molecule has 126 valence electrons. The van der Waals surface area contributed by atoms with Crippen molar-refractivity contribution in [2.24, 2.45) is 0 Å². The molecule has 3 nitrogen and oxygen atoms in total. The quantitative estimate of drug-likeness (QED) is 0.506. The van der Waals surface area contributed by atoms with E-state index in [1.165, 1.54) is 17.0 Å². The zero-order valence-electron chi connectivity index (χ0n) is 13.7. The van der Waals surface area contributed by atoms with Gasteiger partial charge in [0.25, 0.3) is 11.8 Å². The van der Waals surface area contributed by atoms with Crippen LogP contribution in [-0.4, -0.2) is 11.8 Å². The molecule has 1 heterocycles. The van der Waals surface area contributed by atoms with Gasteiger partial charge in [-0.3, -0.25) is 9.59 Å². The number of carbonyl (C=O) groups excluding carboxylic acids is 2. The van der Waals surface area contributed by atoms with Gasteiger partial charge in [-0.15, -0.1) is 0 Å². The number of hydrogen-bond acceptors (Lipinski definition) is 2. The second kappa shape index (κ2) is 6.41. The highest BCUT2D eigenvalue weighted by Gasteiger charge is 2.36. The number of carbonyl (C=O) groups is 2. The average Bonchev–Trinajstić information content (AvgIpc) is 2.93. The van der Waals surface area contributed by atoms with E-state index >= 15 is 0 Å². The normalized spacial score (nSPS) is 13.5. The summed E-state index contributed by atoms with van der Waals surface area (Å²) in [6, 6.07) is 20.1. The van der Waals surface area contributed by atoms with Crippen LogP contribution in [0.25, 0.3) is 12.2 Å². The van der Waals surface area contributed by atoms with E-state index < -0.39 is 0 Å². The molecule has 1 aliphatic heterocycles. The van der Waals surface area contributed by atoms with Crippen molar-refractivity contribution in [3.63, 3.8) is 0 Å². The number of benzene rings is 3. The molecular formula is C22H14FNO2. The minimum Gasteiger partial charge on any atom is -0.268 e. The Bertz CT molecular complexity index is 1000. The Morgan fingerprint density at radius 2 is 1.27 bits per heavy atom. The highest BCUT2D eigenvalue weighted by Crippen LogP contribution is 2.31. The van der Waals surface area contributed by atoms with Gasteiger partial charge in [-0.05, 0) is 41.5 Å². The first-order valence-electron chi connectivity index (χ1n) is 8.15. The highest BCUT2D eigenvalue weighted by atomic mass is 19.1. The second-order valence-electron chi connectivity index (χ2n) is 5.93. The molecule has 0 saturated heterocycles. The summed E-state index contributed by atoms with van der Waals surface area (Å²) in [5.74, 6) is -0.949. The summed E-state index contributed by atoms with van der Waals surface area (Å²) in [6.07, 6.45) is 3.63. The lowest BCUT2D eigenvalue weighted by Gasteiger charge is -2.16. The van der Waals surface area contributed by atoms with Gasteiger partial charge in [-0.1, -0.05) is 54.6 Å². The summed E-state index contributed by atoms with van der Waals surface area (Å²) in [6.45, 7) is 0. The first kappa shape index (κ1) is 16.0. The van der Waals surface area contributed by atoms with Gasteiger partial charge < -0.3 is 0 Å². The molecule has 0 saturated carbocycles. The maximum atomic E-state index is 13.0. The Hall–Kier alpha value is -3.53. The number of fused-ring (bicyclic) bond motifs is 1. The van der Waals surface area contributed by atoms with Crippen LogP contribution in [0.1, 0.15) is 31.8 Å². The standard InChI is InChI=1S/C22H14FNO2/c23-17-13-10-15(11-14-17)9-12-16-5-1-4-8-20(16)24-21(25)18-6-2-3-7-19(18)22(24)26/h1-14H/b12-9+. The summed E-state index contributed by atoms with van der Waals surface area (Å²) in [4.78, 5) is 26.6. The van der Waals surface area contributed by atoms with Crippen molar-refractivity contribution in [1.82, 2.24) is 0 Å². The molecule has 0 aromatic heterocycles. The van der Waals surface area contributed by atoms with Crippen LogP contribution in [0, 0.1) is 5.82 Å². The van der Waals surface area contributed by atoms with Crippen LogP contribution in [0.15, 0.2) is 72.8 Å². The molecule has 4 rings (SSSR count). The monoisotopic (exact) mass is 343 g/mol. The van der Waals surface area contributed by atoms with Crippen molar-refractivity contribution in [3.05, 3.63) is 101 Å². The smallest absolute Gasteiger partial charge is 0.266 e. The van der Waals surface area contributed by atoms with E-state index in [-0.39, 0.29) is 17.6 Å². The predicted octanol–water partition coefficient (Wildman–Crippen LogP) is 4.80. The molecule has 1 aliphatic rings. The Labute approximate surface area is 150 Å². The van der Waals surface area contributed by atoms with Crippen LogP contribution >= 0.6 is 0 Å². The second-order valence-corrected chi connectivity index (χ2v) is 5.93. The summed E-state index contributed by atoms with van der Waals surface area (Å²) in [5.41, 5.74) is 2.90. The molecule has 0 atom stereocenters. The van der Waals surface area contributed by atoms with Gasteiger partial charge in [0.2, 0.25) is 0 Å². The molecule has 0 unspecified atom stereocenters. The Morgan fingerprint density at radius 3 is 1.92 bits per heavy atom. The van der Waals surface area contributed by atoms with Gasteiger partial charge in [0.1, 0.15) is 5.82 Å². The first-order valence-corrected chi connectivity index (χ1v) is 8.15. The van der Waals surface area contributed by atoms with Gasteiger partial charge in [0.05, 0.1) is 16.8 Å². The number of imide groups is 1. The fraction of sp³-hybridized carbons (Fsp3) is 0. The largest absolute Gasteiger partial charge is 0.268 e. The van der Waals surface area contributed by atoms with E-state index in [1.807, 2.05) is 24.3 Å². The van der Waals surface area contributed by atoms with Crippen molar-refractivity contribution in [2.45, 2.75) is 0 Å². The van der Waals surface area contributed by atoms with Crippen molar-refractivity contribution < 1.29 is 14.0 Å². The SMILES string of the molecule is O=C1c2ccccc2C(=O)N1c1ccccc1/C=C/c1ccc(F)cc1. The zero-order chi connectivity index (χ0) is 18.1. The number of para-hydroxylation sites is 1. The maximum absolute atomic E-state index is 13.0. The lowest BCUT2D eigenvalue weighted by atomic mass is 10.1. The van der Waals surface area contributed by atoms with E-state index in [0.717, 1.165) is 11.1 Å². The van der Waals surface area contributed by atoms with Gasteiger partial charge in [-0.25, -0.2) is 9.29 Å². The minimum atomic E-state index is -0.326. The third-order valence-corrected chi connectivity index (χ3v) is 4.30. The van der Waals surface area contributed by atoms with Gasteiger partial charge in [0, 0.05) is 0 Å². The molecule has 0 aliphatic carbocycles. The van der Waals surface area contributed by atoms with E-state index in [4.69, 9.17) is 0 Å². The Morgan fingerprint density at radius 1 is 0.692 bits per heavy atom. The molecule has 0 N–H and O–H groups in total. The molecule has 26 heavy (non-hydrogen) atoms. The zero-order valence-corrected chi connectivity index (χ0v) is 13.7. The van der Waals surface area contributed by atoms with Gasteiger partial charge in [-0.2, -0.15) is 0 Å². The van der Waals surface area contributed by atoms with E-state index in [1.54, 1.807) is 48.5 Å². The van der Waals surface area contributed by atoms with Crippen molar-refractivity contribution in [1.29, 1.82) is 0 Å². The van der Waals surface area contributed by atoms with Crippen molar-refractivity contribution in [3.8, 4) is 0 Å². The van der Waals surface area contributed by atoms with Crippen LogP contribution < -0.4 is 4.90 Å². The fourth-order valence-electron chi connectivity index (χ4n) is 3.00. The molecule has 4 heteroatoms. The number of rotatable bonds is 3. The highest BCUT2D eigenvalue weighted by molar-refractivity contribution is 6.34. The maximum Gasteiger partial charge on any atom is 0.266 e. The summed E-state index contributed by atoms with van der Waals surface area (Å²) < 4.78 is 13.0. The summed E-state index contributed by atoms with van der Waals surface area (Å²) in [7, 11) is 0. The average molecular weight is 343 g/mol. The van der Waals surface area contributed by atoms with Gasteiger partial charge >= 0.3 is 0 Å².